The topological polar surface area (TPSA) is 29.9 Å². The number of hydrogen-bond acceptors (Lipinski definition) is 2. The third-order valence-electron chi connectivity index (χ3n) is 5.76. The van der Waals surface area contributed by atoms with Crippen LogP contribution in [0.5, 0.6) is 0 Å². The fraction of sp³-hybridized carbons (Fsp3) is 0.833. The first-order valence-corrected chi connectivity index (χ1v) is 8.95. The van der Waals surface area contributed by atoms with Gasteiger partial charge in [-0.05, 0) is 50.9 Å². The third-order valence-corrected chi connectivity index (χ3v) is 5.76. The van der Waals surface area contributed by atoms with E-state index in [0.29, 0.717) is 12.1 Å². The van der Waals surface area contributed by atoms with Crippen LogP contribution in [-0.2, 0) is 0 Å². The second-order valence-corrected chi connectivity index (χ2v) is 7.51. The lowest BCUT2D eigenvalue weighted by Gasteiger charge is -2.34. The molecule has 0 bridgehead atoms. The molecule has 3 rings (SSSR count). The third kappa shape index (κ3) is 3.44. The van der Waals surface area contributed by atoms with Crippen LogP contribution in [0.1, 0.15) is 76.9 Å². The molecular formula is C18H31N3. The molecule has 2 fully saturated rings. The minimum Gasteiger partial charge on any atom is -0.353 e. The number of nitrogens with one attached hydrogen (secondary N) is 1. The Morgan fingerprint density at radius 2 is 1.81 bits per heavy atom. The standard InChI is InChI=1S/C18H31N3/c1-13-9-10-17(11-14(13)2)21-12-15(3)19-18(21)20-16-7-5-4-6-8-16/h12-14,16-17H,4-11H2,1-3H3,(H,19,20). The molecule has 0 aliphatic heterocycles. The molecule has 1 heterocycles. The van der Waals surface area contributed by atoms with E-state index in [-0.39, 0.29) is 0 Å². The second-order valence-electron chi connectivity index (χ2n) is 7.51. The van der Waals surface area contributed by atoms with Gasteiger partial charge in [0.1, 0.15) is 0 Å². The van der Waals surface area contributed by atoms with Crippen LogP contribution in [0.15, 0.2) is 6.20 Å². The molecule has 21 heavy (non-hydrogen) atoms. The molecule has 0 saturated heterocycles. The van der Waals surface area contributed by atoms with Crippen molar-refractivity contribution >= 4 is 5.95 Å². The molecule has 2 aliphatic carbocycles. The summed E-state index contributed by atoms with van der Waals surface area (Å²) in [5.74, 6) is 2.83. The van der Waals surface area contributed by atoms with Gasteiger partial charge < -0.3 is 9.88 Å². The molecule has 3 atom stereocenters. The van der Waals surface area contributed by atoms with E-state index >= 15 is 0 Å². The van der Waals surface area contributed by atoms with Crippen molar-refractivity contribution in [3.05, 3.63) is 11.9 Å². The van der Waals surface area contributed by atoms with Crippen LogP contribution in [0.3, 0.4) is 0 Å². The van der Waals surface area contributed by atoms with Crippen LogP contribution in [-0.4, -0.2) is 15.6 Å². The van der Waals surface area contributed by atoms with Crippen molar-refractivity contribution in [1.29, 1.82) is 0 Å². The lowest BCUT2D eigenvalue weighted by atomic mass is 9.79. The normalized spacial score (nSPS) is 31.3. The number of aromatic nitrogens is 2. The van der Waals surface area contributed by atoms with Gasteiger partial charge >= 0.3 is 0 Å². The molecule has 118 valence electrons. The van der Waals surface area contributed by atoms with E-state index in [0.717, 1.165) is 23.5 Å². The van der Waals surface area contributed by atoms with E-state index in [9.17, 15) is 0 Å². The lowest BCUT2D eigenvalue weighted by Crippen LogP contribution is -2.27. The largest absolute Gasteiger partial charge is 0.353 e. The summed E-state index contributed by atoms with van der Waals surface area (Å²) in [4.78, 5) is 4.78. The zero-order chi connectivity index (χ0) is 14.8. The molecule has 2 aliphatic rings. The Morgan fingerprint density at radius 3 is 2.52 bits per heavy atom. The van der Waals surface area contributed by atoms with E-state index in [4.69, 9.17) is 4.98 Å². The van der Waals surface area contributed by atoms with Gasteiger partial charge in [0.25, 0.3) is 0 Å². The Hall–Kier alpha value is -0.990. The Labute approximate surface area is 129 Å². The van der Waals surface area contributed by atoms with E-state index < -0.39 is 0 Å². The summed E-state index contributed by atoms with van der Waals surface area (Å²) in [6, 6.07) is 1.28. The highest BCUT2D eigenvalue weighted by Gasteiger charge is 2.27. The highest BCUT2D eigenvalue weighted by atomic mass is 15.2. The minimum atomic E-state index is 0.638. The van der Waals surface area contributed by atoms with E-state index in [1.807, 2.05) is 0 Å². The van der Waals surface area contributed by atoms with Gasteiger partial charge in [-0.15, -0.1) is 0 Å². The quantitative estimate of drug-likeness (QED) is 0.854. The van der Waals surface area contributed by atoms with Gasteiger partial charge in [0, 0.05) is 18.3 Å². The second kappa shape index (κ2) is 6.41. The molecule has 1 aromatic heterocycles. The van der Waals surface area contributed by atoms with Crippen LogP contribution in [0.25, 0.3) is 0 Å². The van der Waals surface area contributed by atoms with Gasteiger partial charge in [-0.25, -0.2) is 4.98 Å². The van der Waals surface area contributed by atoms with E-state index in [2.05, 4.69) is 36.9 Å². The fourth-order valence-electron chi connectivity index (χ4n) is 4.10. The molecule has 2 saturated carbocycles. The minimum absolute atomic E-state index is 0.638. The SMILES string of the molecule is Cc1cn(C2CCC(C)C(C)C2)c(NC2CCCCC2)n1. The van der Waals surface area contributed by atoms with Crippen molar-refractivity contribution in [2.24, 2.45) is 11.8 Å². The molecule has 3 heteroatoms. The van der Waals surface area contributed by atoms with Crippen molar-refractivity contribution in [3.63, 3.8) is 0 Å². The number of rotatable bonds is 3. The van der Waals surface area contributed by atoms with Crippen molar-refractivity contribution in [2.75, 3.05) is 5.32 Å². The van der Waals surface area contributed by atoms with Crippen LogP contribution in [0.4, 0.5) is 5.95 Å². The van der Waals surface area contributed by atoms with Crippen LogP contribution in [0.2, 0.25) is 0 Å². The fourth-order valence-corrected chi connectivity index (χ4v) is 4.10. The van der Waals surface area contributed by atoms with E-state index in [1.165, 1.54) is 51.4 Å². The lowest BCUT2D eigenvalue weighted by molar-refractivity contribution is 0.211. The molecular weight excluding hydrogens is 258 g/mol. The average molecular weight is 289 g/mol. The van der Waals surface area contributed by atoms with Gasteiger partial charge in [-0.1, -0.05) is 33.1 Å². The summed E-state index contributed by atoms with van der Waals surface area (Å²) >= 11 is 0. The molecule has 0 amide bonds. The van der Waals surface area contributed by atoms with Crippen molar-refractivity contribution in [1.82, 2.24) is 9.55 Å². The number of nitrogens with zero attached hydrogens (tertiary/aromatic N) is 2. The number of aryl methyl sites for hydroxylation is 1. The Balaban J connectivity index is 1.72. The molecule has 0 spiro atoms. The predicted octanol–water partition coefficient (Wildman–Crippen LogP) is 4.93. The van der Waals surface area contributed by atoms with Crippen LogP contribution in [0, 0.1) is 18.8 Å². The summed E-state index contributed by atoms with van der Waals surface area (Å²) in [5, 5.41) is 3.75. The molecule has 3 nitrogen and oxygen atoms in total. The van der Waals surface area contributed by atoms with E-state index in [1.54, 1.807) is 0 Å². The first kappa shape index (κ1) is 14.9. The molecule has 0 aromatic carbocycles. The summed E-state index contributed by atoms with van der Waals surface area (Å²) < 4.78 is 2.45. The molecule has 0 radical (unpaired) electrons. The van der Waals surface area contributed by atoms with Gasteiger partial charge in [0.05, 0.1) is 5.69 Å². The Kier molecular flexibility index (Phi) is 4.56. The maximum atomic E-state index is 4.78. The van der Waals surface area contributed by atoms with Crippen molar-refractivity contribution in [2.45, 2.75) is 84.2 Å². The first-order chi connectivity index (χ1) is 10.1. The molecule has 1 aromatic rings. The van der Waals surface area contributed by atoms with Crippen molar-refractivity contribution < 1.29 is 0 Å². The maximum Gasteiger partial charge on any atom is 0.203 e. The highest BCUT2D eigenvalue weighted by molar-refractivity contribution is 5.31. The van der Waals surface area contributed by atoms with Crippen LogP contribution < -0.4 is 5.32 Å². The first-order valence-electron chi connectivity index (χ1n) is 8.95. The molecule has 1 N–H and O–H groups in total. The summed E-state index contributed by atoms with van der Waals surface area (Å²) in [6.07, 6.45) is 13.0. The monoisotopic (exact) mass is 289 g/mol. The zero-order valence-electron chi connectivity index (χ0n) is 13.9. The maximum absolute atomic E-state index is 4.78. The Morgan fingerprint density at radius 1 is 1.05 bits per heavy atom. The summed E-state index contributed by atoms with van der Waals surface area (Å²) in [6.45, 7) is 6.94. The van der Waals surface area contributed by atoms with Gasteiger partial charge in [-0.2, -0.15) is 0 Å². The number of anilines is 1. The van der Waals surface area contributed by atoms with Gasteiger partial charge in [-0.3, -0.25) is 0 Å². The summed E-state index contributed by atoms with van der Waals surface area (Å²) in [7, 11) is 0. The highest BCUT2D eigenvalue weighted by Crippen LogP contribution is 2.38. The average Bonchev–Trinajstić information content (AvgIpc) is 2.84. The smallest absolute Gasteiger partial charge is 0.203 e. The number of hydrogen-bond donors (Lipinski definition) is 1. The number of imidazole rings is 1. The van der Waals surface area contributed by atoms with Gasteiger partial charge in [0.15, 0.2) is 0 Å². The zero-order valence-corrected chi connectivity index (χ0v) is 13.9. The van der Waals surface area contributed by atoms with Gasteiger partial charge in [0.2, 0.25) is 5.95 Å². The van der Waals surface area contributed by atoms with Crippen LogP contribution >= 0.6 is 0 Å². The van der Waals surface area contributed by atoms with Crippen molar-refractivity contribution in [3.8, 4) is 0 Å². The summed E-state index contributed by atoms with van der Waals surface area (Å²) in [5.41, 5.74) is 1.15. The molecule has 3 unspecified atom stereocenters. The predicted molar refractivity (Wildman–Crippen MR) is 88.7 cm³/mol. The Bertz CT molecular complexity index is 459.